The summed E-state index contributed by atoms with van der Waals surface area (Å²) in [5.74, 6) is 1.32. The zero-order valence-electron chi connectivity index (χ0n) is 21.1. The third kappa shape index (κ3) is 4.34. The highest BCUT2D eigenvalue weighted by Gasteiger charge is 2.48. The lowest BCUT2D eigenvalue weighted by Crippen LogP contribution is -2.51. The number of para-hydroxylation sites is 1. The van der Waals surface area contributed by atoms with Gasteiger partial charge in [-0.15, -0.1) is 0 Å². The van der Waals surface area contributed by atoms with E-state index in [1.54, 1.807) is 10.9 Å². The Balaban J connectivity index is 1.22. The number of aromatic nitrogens is 4. The quantitative estimate of drug-likeness (QED) is 0.336. The molecular formula is C28H27ClN6O2S. The van der Waals surface area contributed by atoms with E-state index < -0.39 is 5.60 Å². The summed E-state index contributed by atoms with van der Waals surface area (Å²) in [7, 11) is 1.87. The third-order valence-electron chi connectivity index (χ3n) is 7.28. The fourth-order valence-corrected chi connectivity index (χ4v) is 6.40. The fraction of sp³-hybridized carbons (Fsp3) is 0.286. The number of nitrogens with two attached hydrogens (primary N) is 1. The van der Waals surface area contributed by atoms with Gasteiger partial charge in [-0.05, 0) is 18.2 Å². The van der Waals surface area contributed by atoms with Crippen molar-refractivity contribution in [3.63, 3.8) is 0 Å². The van der Waals surface area contributed by atoms with Gasteiger partial charge in [-0.3, -0.25) is 9.48 Å². The van der Waals surface area contributed by atoms with Gasteiger partial charge < -0.3 is 15.4 Å². The molecule has 10 heteroatoms. The summed E-state index contributed by atoms with van der Waals surface area (Å²) in [4.78, 5) is 25.0. The van der Waals surface area contributed by atoms with Crippen LogP contribution in [0.3, 0.4) is 0 Å². The predicted molar refractivity (Wildman–Crippen MR) is 148 cm³/mol. The molecule has 1 atom stereocenters. The standard InChI is InChI=1S/C28H27ClN6O2S/c1-17(36)25-27(35-14-11-28(12-15-35)26(30)19-6-3-4-8-21(19)37-28)31-16-23(32-25)38-22-9-5-7-18(24(22)29)20-10-13-34(2)33-20/h3-10,13,16,26H,11-12,14-15,30H2,1-2H3/t26-/m1/s1. The lowest BCUT2D eigenvalue weighted by molar-refractivity contribution is 0.0430. The lowest BCUT2D eigenvalue weighted by Gasteiger charge is -2.41. The number of piperidine rings is 1. The number of anilines is 1. The van der Waals surface area contributed by atoms with E-state index in [4.69, 9.17) is 32.0 Å². The van der Waals surface area contributed by atoms with Crippen molar-refractivity contribution in [2.24, 2.45) is 12.8 Å². The highest BCUT2D eigenvalue weighted by molar-refractivity contribution is 7.99. The number of aryl methyl sites for hydroxylation is 1. The van der Waals surface area contributed by atoms with Crippen LogP contribution in [0.5, 0.6) is 5.75 Å². The second kappa shape index (κ2) is 9.72. The molecule has 1 fully saturated rings. The molecule has 1 spiro atoms. The van der Waals surface area contributed by atoms with Crippen molar-refractivity contribution in [1.82, 2.24) is 19.7 Å². The maximum atomic E-state index is 12.7. The Morgan fingerprint density at radius 2 is 1.95 bits per heavy atom. The van der Waals surface area contributed by atoms with Crippen LogP contribution in [0, 0.1) is 0 Å². The Kier molecular flexibility index (Phi) is 6.37. The molecule has 0 amide bonds. The fourth-order valence-electron chi connectivity index (χ4n) is 5.25. The van der Waals surface area contributed by atoms with Crippen molar-refractivity contribution in [3.8, 4) is 17.0 Å². The van der Waals surface area contributed by atoms with Crippen LogP contribution < -0.4 is 15.4 Å². The minimum absolute atomic E-state index is 0.134. The summed E-state index contributed by atoms with van der Waals surface area (Å²) < 4.78 is 8.11. The maximum Gasteiger partial charge on any atom is 0.181 e. The van der Waals surface area contributed by atoms with Crippen molar-refractivity contribution in [3.05, 3.63) is 77.2 Å². The van der Waals surface area contributed by atoms with Gasteiger partial charge in [0, 0.05) is 62.1 Å². The Bertz CT molecular complexity index is 1530. The van der Waals surface area contributed by atoms with Gasteiger partial charge in [-0.25, -0.2) is 9.97 Å². The minimum Gasteiger partial charge on any atom is -0.485 e. The second-order valence-electron chi connectivity index (χ2n) is 9.70. The number of benzene rings is 2. The summed E-state index contributed by atoms with van der Waals surface area (Å²) in [6.07, 6.45) is 5.04. The number of hydrogen-bond acceptors (Lipinski definition) is 8. The minimum atomic E-state index is -0.435. The molecule has 8 nitrogen and oxygen atoms in total. The number of carbonyl (C=O) groups is 1. The van der Waals surface area contributed by atoms with Crippen LogP contribution >= 0.6 is 23.4 Å². The Morgan fingerprint density at radius 3 is 2.66 bits per heavy atom. The highest BCUT2D eigenvalue weighted by atomic mass is 35.5. The molecule has 0 bridgehead atoms. The summed E-state index contributed by atoms with van der Waals surface area (Å²) in [6, 6.07) is 15.5. The van der Waals surface area contributed by atoms with Crippen molar-refractivity contribution >= 4 is 35.0 Å². The summed E-state index contributed by atoms with van der Waals surface area (Å²) in [5, 5.41) is 5.65. The van der Waals surface area contributed by atoms with E-state index in [-0.39, 0.29) is 11.8 Å². The molecule has 194 valence electrons. The van der Waals surface area contributed by atoms with Gasteiger partial charge in [-0.2, -0.15) is 5.10 Å². The number of hydrogen-bond donors (Lipinski definition) is 1. The third-order valence-corrected chi connectivity index (χ3v) is 8.76. The number of rotatable bonds is 5. The largest absolute Gasteiger partial charge is 0.485 e. The normalized spacial score (nSPS) is 17.9. The number of carbonyl (C=O) groups excluding carboxylic acids is 1. The SMILES string of the molecule is CC(=O)c1nc(Sc2cccc(-c3ccn(C)n3)c2Cl)cnc1N1CCC2(CC1)Oc1ccccc1[C@H]2N. The van der Waals surface area contributed by atoms with Crippen LogP contribution in [-0.4, -0.2) is 44.2 Å². The number of ether oxygens (including phenoxy) is 1. The number of ketones is 1. The van der Waals surface area contributed by atoms with Gasteiger partial charge in [0.1, 0.15) is 22.1 Å². The molecule has 2 aliphatic rings. The van der Waals surface area contributed by atoms with Crippen LogP contribution in [0.15, 0.2) is 70.8 Å². The maximum absolute atomic E-state index is 12.7. The van der Waals surface area contributed by atoms with Gasteiger partial charge in [-0.1, -0.05) is 53.7 Å². The summed E-state index contributed by atoms with van der Waals surface area (Å²) in [6.45, 7) is 2.86. The van der Waals surface area contributed by atoms with E-state index in [1.165, 1.54) is 18.7 Å². The van der Waals surface area contributed by atoms with Crippen LogP contribution in [0.1, 0.15) is 41.9 Å². The van der Waals surface area contributed by atoms with Gasteiger partial charge in [0.25, 0.3) is 0 Å². The van der Waals surface area contributed by atoms with Gasteiger partial charge in [0.15, 0.2) is 11.6 Å². The van der Waals surface area contributed by atoms with E-state index in [9.17, 15) is 4.79 Å². The van der Waals surface area contributed by atoms with Gasteiger partial charge >= 0.3 is 0 Å². The molecule has 0 aliphatic carbocycles. The average Bonchev–Trinajstić information content (AvgIpc) is 3.47. The van der Waals surface area contributed by atoms with E-state index in [0.29, 0.717) is 34.6 Å². The molecule has 4 aromatic rings. The number of nitrogens with zero attached hydrogens (tertiary/aromatic N) is 5. The van der Waals surface area contributed by atoms with Crippen molar-refractivity contribution < 1.29 is 9.53 Å². The smallest absolute Gasteiger partial charge is 0.181 e. The van der Waals surface area contributed by atoms with E-state index in [0.717, 1.165) is 40.3 Å². The van der Waals surface area contributed by atoms with Crippen molar-refractivity contribution in [1.29, 1.82) is 0 Å². The molecule has 38 heavy (non-hydrogen) atoms. The zero-order chi connectivity index (χ0) is 26.4. The second-order valence-corrected chi connectivity index (χ2v) is 11.1. The van der Waals surface area contributed by atoms with Crippen molar-refractivity contribution in [2.45, 2.75) is 41.3 Å². The molecule has 0 radical (unpaired) electrons. The highest BCUT2D eigenvalue weighted by Crippen LogP contribution is 2.47. The average molecular weight is 547 g/mol. The first-order valence-corrected chi connectivity index (χ1v) is 13.7. The first-order valence-electron chi connectivity index (χ1n) is 12.5. The molecule has 0 unspecified atom stereocenters. The molecule has 6 rings (SSSR count). The summed E-state index contributed by atoms with van der Waals surface area (Å²) in [5.41, 5.74) is 9.23. The molecule has 0 saturated carbocycles. The molecule has 1 saturated heterocycles. The molecule has 2 aliphatic heterocycles. The van der Waals surface area contributed by atoms with Gasteiger partial charge in [0.2, 0.25) is 0 Å². The van der Waals surface area contributed by atoms with Crippen LogP contribution in [-0.2, 0) is 7.05 Å². The number of fused-ring (bicyclic) bond motifs is 1. The molecule has 2 aromatic carbocycles. The van der Waals surface area contributed by atoms with E-state index in [2.05, 4.69) is 10.00 Å². The van der Waals surface area contributed by atoms with Crippen LogP contribution in [0.4, 0.5) is 5.82 Å². The van der Waals surface area contributed by atoms with Crippen LogP contribution in [0.2, 0.25) is 5.02 Å². The van der Waals surface area contributed by atoms with E-state index >= 15 is 0 Å². The van der Waals surface area contributed by atoms with Crippen LogP contribution in [0.25, 0.3) is 11.3 Å². The molecular weight excluding hydrogens is 520 g/mol. The van der Waals surface area contributed by atoms with E-state index in [1.807, 2.05) is 61.8 Å². The first kappa shape index (κ1) is 24.9. The Labute approximate surface area is 230 Å². The topological polar surface area (TPSA) is 99.2 Å². The molecule has 2 N–H and O–H groups in total. The molecule has 4 heterocycles. The predicted octanol–water partition coefficient (Wildman–Crippen LogP) is 5.32. The summed E-state index contributed by atoms with van der Waals surface area (Å²) >= 11 is 8.12. The zero-order valence-corrected chi connectivity index (χ0v) is 22.7. The first-order chi connectivity index (χ1) is 18.3. The Morgan fingerprint density at radius 1 is 1.16 bits per heavy atom. The number of halogens is 1. The van der Waals surface area contributed by atoms with Gasteiger partial charge in [0.05, 0.1) is 23.0 Å². The lowest BCUT2D eigenvalue weighted by atomic mass is 9.83. The number of Topliss-reactive ketones (excluding diaryl/α,β-unsaturated/α-hetero) is 1. The monoisotopic (exact) mass is 546 g/mol. The Hall–Kier alpha value is -3.40. The molecule has 2 aromatic heterocycles. The van der Waals surface area contributed by atoms with Crippen molar-refractivity contribution in [2.75, 3.05) is 18.0 Å².